The fourth-order valence-electron chi connectivity index (χ4n) is 4.97. The van der Waals surface area contributed by atoms with Crippen molar-refractivity contribution in [2.24, 2.45) is 0 Å². The Bertz CT molecular complexity index is 1580. The van der Waals surface area contributed by atoms with Gasteiger partial charge in [-0.3, -0.25) is 9.62 Å². The van der Waals surface area contributed by atoms with E-state index in [9.17, 15) is 12.8 Å². The van der Waals surface area contributed by atoms with Crippen LogP contribution in [0, 0.1) is 5.82 Å². The van der Waals surface area contributed by atoms with Crippen LogP contribution in [-0.2, 0) is 23.0 Å². The molecule has 0 amide bonds. The first-order chi connectivity index (χ1) is 18.8. The third-order valence-electron chi connectivity index (χ3n) is 7.02. The predicted molar refractivity (Wildman–Crippen MR) is 155 cm³/mol. The Balaban J connectivity index is 1.08. The van der Waals surface area contributed by atoms with Crippen LogP contribution in [0.1, 0.15) is 36.8 Å². The first-order valence-corrected chi connectivity index (χ1v) is 15.2. The molecule has 3 aromatic carbocycles. The molecule has 1 aliphatic rings. The van der Waals surface area contributed by atoms with Crippen molar-refractivity contribution in [3.05, 3.63) is 87.8 Å². The number of nitrogens with zero attached hydrogens (tertiary/aromatic N) is 1. The standard InChI is InChI=1S/C29H30Cl2FN3O3S/c30-23-10-11-26(29-28(23)24(31)18-33-29)34-39(36,37)27-12-9-22(17-25(27)32)38-16-6-2-1-5-14-35-15-13-20-7-3-4-8-21(20)19-35/h3-4,7-12,17-18,33-34H,1-2,5-6,13-16,19H2. The molecule has 0 atom stereocenters. The normalized spacial score (nSPS) is 13.9. The quantitative estimate of drug-likeness (QED) is 0.179. The van der Waals surface area contributed by atoms with Crippen molar-refractivity contribution < 1.29 is 17.5 Å². The van der Waals surface area contributed by atoms with Crippen LogP contribution in [0.2, 0.25) is 10.0 Å². The number of unbranched alkanes of at least 4 members (excludes halogenated alkanes) is 3. The van der Waals surface area contributed by atoms with E-state index in [2.05, 4.69) is 38.9 Å². The maximum Gasteiger partial charge on any atom is 0.264 e. The highest BCUT2D eigenvalue weighted by molar-refractivity contribution is 7.92. The molecule has 4 aromatic rings. The molecule has 1 aromatic heterocycles. The number of sulfonamides is 1. The summed E-state index contributed by atoms with van der Waals surface area (Å²) in [6.45, 7) is 3.66. The molecule has 5 rings (SSSR count). The lowest BCUT2D eigenvalue weighted by Crippen LogP contribution is -2.31. The minimum atomic E-state index is -4.21. The van der Waals surface area contributed by atoms with Gasteiger partial charge < -0.3 is 9.72 Å². The third-order valence-corrected chi connectivity index (χ3v) is 9.03. The van der Waals surface area contributed by atoms with Crippen molar-refractivity contribution >= 4 is 49.8 Å². The average molecular weight is 591 g/mol. The van der Waals surface area contributed by atoms with E-state index in [1.165, 1.54) is 41.6 Å². The van der Waals surface area contributed by atoms with Gasteiger partial charge in [-0.1, -0.05) is 60.3 Å². The molecule has 0 aliphatic carbocycles. The topological polar surface area (TPSA) is 74.4 Å². The van der Waals surface area contributed by atoms with Crippen molar-refractivity contribution in [2.45, 2.75) is 43.5 Å². The maximum absolute atomic E-state index is 14.8. The van der Waals surface area contributed by atoms with Crippen LogP contribution < -0.4 is 9.46 Å². The summed E-state index contributed by atoms with van der Waals surface area (Å²) < 4.78 is 48.8. The molecular formula is C29H30Cl2FN3O3S. The fourth-order valence-corrected chi connectivity index (χ4v) is 6.66. The summed E-state index contributed by atoms with van der Waals surface area (Å²) in [5, 5.41) is 1.22. The van der Waals surface area contributed by atoms with Crippen LogP contribution in [0.3, 0.4) is 0 Å². The Morgan fingerprint density at radius 3 is 2.59 bits per heavy atom. The lowest BCUT2D eigenvalue weighted by molar-refractivity contribution is 0.245. The Morgan fingerprint density at radius 2 is 1.77 bits per heavy atom. The lowest BCUT2D eigenvalue weighted by atomic mass is 10.00. The van der Waals surface area contributed by atoms with Gasteiger partial charge in [0.15, 0.2) is 0 Å². The maximum atomic E-state index is 14.8. The highest BCUT2D eigenvalue weighted by atomic mass is 35.5. The summed E-state index contributed by atoms with van der Waals surface area (Å²) in [7, 11) is -4.21. The number of H-pyrrole nitrogens is 1. The van der Waals surface area contributed by atoms with E-state index < -0.39 is 20.7 Å². The molecule has 10 heteroatoms. The third kappa shape index (κ3) is 6.52. The summed E-state index contributed by atoms with van der Waals surface area (Å²) in [5.74, 6) is -0.596. The van der Waals surface area contributed by atoms with Crippen LogP contribution in [0.25, 0.3) is 10.9 Å². The Morgan fingerprint density at radius 1 is 0.974 bits per heavy atom. The zero-order chi connectivity index (χ0) is 27.4. The number of benzene rings is 3. The second kappa shape index (κ2) is 12.2. The second-order valence-corrected chi connectivity index (χ2v) is 12.2. The number of aromatic amines is 1. The minimum absolute atomic E-state index is 0.214. The number of halogens is 3. The van der Waals surface area contributed by atoms with Gasteiger partial charge in [-0.25, -0.2) is 12.8 Å². The van der Waals surface area contributed by atoms with Crippen LogP contribution in [0.4, 0.5) is 10.1 Å². The first kappa shape index (κ1) is 27.8. The van der Waals surface area contributed by atoms with Gasteiger partial charge in [0.1, 0.15) is 16.5 Å². The zero-order valence-electron chi connectivity index (χ0n) is 21.4. The molecule has 0 spiro atoms. The van der Waals surface area contributed by atoms with E-state index in [-0.39, 0.29) is 5.69 Å². The van der Waals surface area contributed by atoms with Gasteiger partial charge in [-0.05, 0) is 61.2 Å². The number of rotatable bonds is 11. The van der Waals surface area contributed by atoms with Gasteiger partial charge in [0.05, 0.1) is 27.9 Å². The lowest BCUT2D eigenvalue weighted by Gasteiger charge is -2.28. The summed E-state index contributed by atoms with van der Waals surface area (Å²) in [4.78, 5) is 4.93. The van der Waals surface area contributed by atoms with Crippen LogP contribution in [0.5, 0.6) is 5.75 Å². The predicted octanol–water partition coefficient (Wildman–Crippen LogP) is 7.41. The van der Waals surface area contributed by atoms with Crippen molar-refractivity contribution in [3.8, 4) is 5.75 Å². The Hall–Kier alpha value is -2.78. The van der Waals surface area contributed by atoms with Gasteiger partial charge in [-0.2, -0.15) is 0 Å². The summed E-state index contributed by atoms with van der Waals surface area (Å²) in [6, 6.07) is 15.5. The van der Waals surface area contributed by atoms with Gasteiger partial charge in [0.25, 0.3) is 10.0 Å². The van der Waals surface area contributed by atoms with E-state index >= 15 is 0 Å². The average Bonchev–Trinajstić information content (AvgIpc) is 3.32. The van der Waals surface area contributed by atoms with Gasteiger partial charge in [-0.15, -0.1) is 0 Å². The largest absolute Gasteiger partial charge is 0.493 e. The Labute approximate surface area is 238 Å². The number of ether oxygens (including phenoxy) is 1. The molecule has 0 unspecified atom stereocenters. The molecule has 2 N–H and O–H groups in total. The van der Waals surface area contributed by atoms with Crippen molar-refractivity contribution in [1.82, 2.24) is 9.88 Å². The molecule has 0 saturated carbocycles. The molecule has 2 heterocycles. The molecule has 39 heavy (non-hydrogen) atoms. The smallest absolute Gasteiger partial charge is 0.264 e. The fraction of sp³-hybridized carbons (Fsp3) is 0.310. The molecule has 206 valence electrons. The molecular weight excluding hydrogens is 560 g/mol. The van der Waals surface area contributed by atoms with Crippen LogP contribution >= 0.6 is 23.2 Å². The molecule has 1 aliphatic heterocycles. The highest BCUT2D eigenvalue weighted by Gasteiger charge is 2.22. The molecule has 6 nitrogen and oxygen atoms in total. The van der Waals surface area contributed by atoms with Crippen molar-refractivity contribution in [3.63, 3.8) is 0 Å². The first-order valence-electron chi connectivity index (χ1n) is 13.0. The summed E-state index contributed by atoms with van der Waals surface area (Å²) in [5.41, 5.74) is 3.53. The van der Waals surface area contributed by atoms with E-state index in [1.54, 1.807) is 0 Å². The van der Waals surface area contributed by atoms with E-state index in [4.69, 9.17) is 27.9 Å². The van der Waals surface area contributed by atoms with Gasteiger partial charge in [0, 0.05) is 30.7 Å². The molecule has 0 fully saturated rings. The number of anilines is 1. The minimum Gasteiger partial charge on any atom is -0.493 e. The molecule has 0 radical (unpaired) electrons. The van der Waals surface area contributed by atoms with E-state index in [0.29, 0.717) is 33.3 Å². The highest BCUT2D eigenvalue weighted by Crippen LogP contribution is 2.35. The van der Waals surface area contributed by atoms with Crippen LogP contribution in [0.15, 0.2) is 65.7 Å². The molecule has 0 bridgehead atoms. The van der Waals surface area contributed by atoms with Crippen LogP contribution in [-0.4, -0.2) is 38.0 Å². The number of hydrogen-bond donors (Lipinski definition) is 2. The molecule has 0 saturated heterocycles. The summed E-state index contributed by atoms with van der Waals surface area (Å²) >= 11 is 12.3. The monoisotopic (exact) mass is 589 g/mol. The SMILES string of the molecule is O=S(=O)(Nc1ccc(Cl)c2c(Cl)c[nH]c12)c1ccc(OCCCCCCN2CCc3ccccc3C2)cc1F. The Kier molecular flexibility index (Phi) is 8.67. The number of hydrogen-bond acceptors (Lipinski definition) is 4. The summed E-state index contributed by atoms with van der Waals surface area (Å²) in [6.07, 6.45) is 6.71. The van der Waals surface area contributed by atoms with Crippen molar-refractivity contribution in [2.75, 3.05) is 24.4 Å². The number of aromatic nitrogens is 1. The zero-order valence-corrected chi connectivity index (χ0v) is 23.7. The second-order valence-electron chi connectivity index (χ2n) is 9.74. The van der Waals surface area contributed by atoms with Gasteiger partial charge >= 0.3 is 0 Å². The number of fused-ring (bicyclic) bond motifs is 2. The van der Waals surface area contributed by atoms with Crippen molar-refractivity contribution in [1.29, 1.82) is 0 Å². The number of nitrogens with one attached hydrogen (secondary N) is 2. The van der Waals surface area contributed by atoms with Gasteiger partial charge in [0.2, 0.25) is 0 Å². The van der Waals surface area contributed by atoms with E-state index in [0.717, 1.165) is 57.8 Å². The van der Waals surface area contributed by atoms with E-state index in [1.807, 2.05) is 0 Å².